The predicted molar refractivity (Wildman–Crippen MR) is 117 cm³/mol. The first-order valence-electron chi connectivity index (χ1n) is 10.0. The van der Waals surface area contributed by atoms with E-state index in [0.717, 1.165) is 18.4 Å². The first kappa shape index (κ1) is 26.4. The lowest BCUT2D eigenvalue weighted by Crippen LogP contribution is -2.40. The maximum absolute atomic E-state index is 13.5. The van der Waals surface area contributed by atoms with E-state index >= 15 is 0 Å². The summed E-state index contributed by atoms with van der Waals surface area (Å²) in [5.41, 5.74) is -1.59. The average molecular weight is 542 g/mol. The molecule has 1 fully saturated rings. The zero-order valence-electron chi connectivity index (χ0n) is 17.7. The van der Waals surface area contributed by atoms with Crippen molar-refractivity contribution in [2.45, 2.75) is 52.9 Å². The van der Waals surface area contributed by atoms with Gasteiger partial charge in [-0.25, -0.2) is 21.2 Å². The molecule has 0 aromatic heterocycles. The van der Waals surface area contributed by atoms with E-state index in [1.807, 2.05) is 0 Å². The molecule has 1 N–H and O–H groups in total. The number of hydrogen-bond donors (Lipinski definition) is 1. The van der Waals surface area contributed by atoms with Gasteiger partial charge in [0, 0.05) is 12.3 Å². The molecule has 0 atom stereocenters. The van der Waals surface area contributed by atoms with E-state index < -0.39 is 59.3 Å². The van der Waals surface area contributed by atoms with Crippen molar-refractivity contribution >= 4 is 37.2 Å². The molecule has 1 aliphatic rings. The molecule has 0 heterocycles. The zero-order valence-corrected chi connectivity index (χ0v) is 20.1. The molecule has 6 nitrogen and oxygen atoms in total. The van der Waals surface area contributed by atoms with Gasteiger partial charge in [-0.2, -0.15) is 13.2 Å². The topological polar surface area (TPSA) is 97.4 Å². The highest BCUT2D eigenvalue weighted by Crippen LogP contribution is 2.35. The molecule has 3 rings (SSSR count). The maximum atomic E-state index is 13.5. The Morgan fingerprint density at radius 1 is 0.971 bits per heavy atom. The van der Waals surface area contributed by atoms with Gasteiger partial charge in [0.2, 0.25) is 0 Å². The Balaban J connectivity index is 1.68. The summed E-state index contributed by atoms with van der Waals surface area (Å²) in [6, 6.07) is 4.88. The lowest BCUT2D eigenvalue weighted by Gasteiger charge is -2.29. The summed E-state index contributed by atoms with van der Waals surface area (Å²) in [5, 5.41) is 1.67. The minimum atomic E-state index is -5.03. The van der Waals surface area contributed by atoms with Gasteiger partial charge >= 0.3 is 6.18 Å². The summed E-state index contributed by atoms with van der Waals surface area (Å²) < 4.78 is 101. The molecule has 2 aromatic rings. The van der Waals surface area contributed by atoms with Gasteiger partial charge in [0.05, 0.1) is 31.2 Å². The summed E-state index contributed by atoms with van der Waals surface area (Å²) in [7, 11) is -7.66. The molecule has 0 radical (unpaired) electrons. The van der Waals surface area contributed by atoms with Crippen LogP contribution in [0.2, 0.25) is 5.02 Å². The summed E-state index contributed by atoms with van der Waals surface area (Å²) in [6.45, 7) is 0. The number of benzene rings is 2. The van der Waals surface area contributed by atoms with Gasteiger partial charge in [0.25, 0.3) is 5.91 Å². The van der Waals surface area contributed by atoms with E-state index in [-0.39, 0.29) is 41.2 Å². The molecule has 0 saturated heterocycles. The Hall–Kier alpha value is -2.18. The summed E-state index contributed by atoms with van der Waals surface area (Å²) in [6.07, 6.45) is -3.40. The Morgan fingerprint density at radius 3 is 2.09 bits per heavy atom. The minimum absolute atomic E-state index is 0.0470. The number of hydrogen-bond acceptors (Lipinski definition) is 5. The second kappa shape index (κ2) is 9.46. The molecule has 186 valence electrons. The van der Waals surface area contributed by atoms with E-state index in [2.05, 4.69) is 5.32 Å². The van der Waals surface area contributed by atoms with E-state index in [1.165, 1.54) is 12.1 Å². The van der Waals surface area contributed by atoms with Crippen LogP contribution in [0.1, 0.15) is 41.6 Å². The molecule has 0 bridgehead atoms. The van der Waals surface area contributed by atoms with E-state index in [9.17, 15) is 39.2 Å². The number of carbonyl (C=O) groups excluding carboxylic acids is 1. The Labute approximate surface area is 199 Å². The standard InChI is InChI=1S/C21H20ClF4NO5S2/c1-33(29,30)14-6-8-16(18(22)11-14)20(28)27-12-2-4-13(5-3-12)34(31,32)15-7-9-19(23)17(10-15)21(24,25)26/h6-13H,2-5H2,1H3,(H,27,28). The number of amides is 1. The normalized spacial score (nSPS) is 19.6. The van der Waals surface area contributed by atoms with Gasteiger partial charge in [-0.15, -0.1) is 0 Å². The fourth-order valence-corrected chi connectivity index (χ4v) is 6.58. The van der Waals surface area contributed by atoms with Crippen LogP contribution in [0, 0.1) is 5.82 Å². The molecular formula is C21H20ClF4NO5S2. The SMILES string of the molecule is CS(=O)(=O)c1ccc(C(=O)NC2CCC(S(=O)(=O)c3ccc(F)c(C(F)(F)F)c3)CC2)c(Cl)c1. The number of halogens is 5. The summed E-state index contributed by atoms with van der Waals surface area (Å²) >= 11 is 6.04. The predicted octanol–water partition coefficient (Wildman–Crippen LogP) is 4.42. The highest BCUT2D eigenvalue weighted by atomic mass is 35.5. The molecule has 34 heavy (non-hydrogen) atoms. The van der Waals surface area contributed by atoms with E-state index in [1.54, 1.807) is 0 Å². The van der Waals surface area contributed by atoms with Crippen molar-refractivity contribution in [1.82, 2.24) is 5.32 Å². The van der Waals surface area contributed by atoms with Gasteiger partial charge in [-0.1, -0.05) is 11.6 Å². The fourth-order valence-electron chi connectivity index (χ4n) is 3.78. The Bertz CT molecular complexity index is 1320. The van der Waals surface area contributed by atoms with Crippen LogP contribution in [0.3, 0.4) is 0 Å². The molecule has 0 spiro atoms. The maximum Gasteiger partial charge on any atom is 0.419 e. The minimum Gasteiger partial charge on any atom is -0.349 e. The molecule has 13 heteroatoms. The van der Waals surface area contributed by atoms with Crippen LogP contribution in [0.4, 0.5) is 17.6 Å². The Kier molecular flexibility index (Phi) is 7.35. The van der Waals surface area contributed by atoms with Crippen molar-refractivity contribution in [2.75, 3.05) is 6.26 Å². The monoisotopic (exact) mass is 541 g/mol. The van der Waals surface area contributed by atoms with Gasteiger partial charge in [0.1, 0.15) is 5.82 Å². The molecule has 0 aliphatic heterocycles. The number of carbonyl (C=O) groups is 1. The molecular weight excluding hydrogens is 522 g/mol. The van der Waals surface area contributed by atoms with Crippen LogP contribution in [0.25, 0.3) is 0 Å². The van der Waals surface area contributed by atoms with Crippen LogP contribution in [-0.4, -0.2) is 40.3 Å². The Morgan fingerprint density at radius 2 is 1.56 bits per heavy atom. The summed E-state index contributed by atoms with van der Waals surface area (Å²) in [5.74, 6) is -2.12. The fraction of sp³-hybridized carbons (Fsp3) is 0.381. The van der Waals surface area contributed by atoms with Gasteiger partial charge in [-0.3, -0.25) is 4.79 Å². The van der Waals surface area contributed by atoms with Crippen molar-refractivity contribution in [1.29, 1.82) is 0 Å². The van der Waals surface area contributed by atoms with Gasteiger partial charge in [-0.05, 0) is 62.1 Å². The second-order valence-electron chi connectivity index (χ2n) is 8.05. The largest absolute Gasteiger partial charge is 0.419 e. The van der Waals surface area contributed by atoms with Gasteiger partial charge in [0.15, 0.2) is 19.7 Å². The second-order valence-corrected chi connectivity index (χ2v) is 12.7. The first-order chi connectivity index (χ1) is 15.6. The number of sulfone groups is 2. The van der Waals surface area contributed by atoms with Crippen molar-refractivity contribution in [3.63, 3.8) is 0 Å². The van der Waals surface area contributed by atoms with Crippen LogP contribution < -0.4 is 5.32 Å². The first-order valence-corrected chi connectivity index (χ1v) is 13.8. The zero-order chi connectivity index (χ0) is 25.5. The van der Waals surface area contributed by atoms with E-state index in [0.29, 0.717) is 12.1 Å². The van der Waals surface area contributed by atoms with Crippen molar-refractivity contribution in [3.05, 3.63) is 58.4 Å². The third-order valence-corrected chi connectivity index (χ3v) is 9.32. The number of nitrogens with one attached hydrogen (secondary N) is 1. The lowest BCUT2D eigenvalue weighted by molar-refractivity contribution is -0.140. The van der Waals surface area contributed by atoms with Crippen molar-refractivity contribution in [3.8, 4) is 0 Å². The van der Waals surface area contributed by atoms with Crippen molar-refractivity contribution in [2.24, 2.45) is 0 Å². The molecule has 1 aliphatic carbocycles. The molecule has 2 aromatic carbocycles. The van der Waals surface area contributed by atoms with Crippen LogP contribution in [-0.2, 0) is 25.9 Å². The number of rotatable bonds is 5. The van der Waals surface area contributed by atoms with Crippen LogP contribution in [0.15, 0.2) is 46.2 Å². The van der Waals surface area contributed by atoms with Gasteiger partial charge < -0.3 is 5.32 Å². The van der Waals surface area contributed by atoms with Crippen LogP contribution >= 0.6 is 11.6 Å². The molecule has 0 unspecified atom stereocenters. The lowest BCUT2D eigenvalue weighted by atomic mass is 9.94. The van der Waals surface area contributed by atoms with Crippen LogP contribution in [0.5, 0.6) is 0 Å². The average Bonchev–Trinajstić information content (AvgIpc) is 2.72. The number of alkyl halides is 3. The summed E-state index contributed by atoms with van der Waals surface area (Å²) in [4.78, 5) is 11.9. The molecule has 1 saturated carbocycles. The highest BCUT2D eigenvalue weighted by Gasteiger charge is 2.38. The quantitative estimate of drug-likeness (QED) is 0.446. The highest BCUT2D eigenvalue weighted by molar-refractivity contribution is 7.92. The third kappa shape index (κ3) is 5.72. The third-order valence-electron chi connectivity index (χ3n) is 5.63. The molecule has 1 amide bonds. The van der Waals surface area contributed by atoms with Crippen molar-refractivity contribution < 1.29 is 39.2 Å². The van der Waals surface area contributed by atoms with E-state index in [4.69, 9.17) is 11.6 Å². The smallest absolute Gasteiger partial charge is 0.349 e.